The zero-order valence-electron chi connectivity index (χ0n) is 20.7. The molecule has 1 N–H and O–H groups in total. The highest BCUT2D eigenvalue weighted by molar-refractivity contribution is 6.12. The van der Waals surface area contributed by atoms with E-state index in [0.29, 0.717) is 18.7 Å². The number of hydrogen-bond acceptors (Lipinski definition) is 6. The van der Waals surface area contributed by atoms with Crippen molar-refractivity contribution < 1.29 is 32.6 Å². The molecule has 3 heterocycles. The van der Waals surface area contributed by atoms with Crippen molar-refractivity contribution in [2.45, 2.75) is 44.6 Å². The minimum absolute atomic E-state index is 0.186. The fourth-order valence-corrected chi connectivity index (χ4v) is 4.90. The summed E-state index contributed by atoms with van der Waals surface area (Å²) < 4.78 is 47.0. The van der Waals surface area contributed by atoms with Crippen molar-refractivity contribution in [2.75, 3.05) is 13.1 Å². The lowest BCUT2D eigenvalue weighted by Gasteiger charge is -2.39. The SMILES string of the molecule is CC(O/N=C(/c1ccc(CN2CCC3(CC2)OCc2cc(F)ncc23)cc1)c1ccc(F)c(F)c1)C(=O)O. The van der Waals surface area contributed by atoms with Gasteiger partial charge in [-0.2, -0.15) is 4.39 Å². The molecule has 1 atom stereocenters. The maximum Gasteiger partial charge on any atom is 0.347 e. The molecule has 0 bridgehead atoms. The van der Waals surface area contributed by atoms with Crippen LogP contribution in [0.15, 0.2) is 59.9 Å². The normalized spacial score (nSPS) is 17.8. The molecule has 198 valence electrons. The van der Waals surface area contributed by atoms with Crippen LogP contribution in [0, 0.1) is 17.6 Å². The summed E-state index contributed by atoms with van der Waals surface area (Å²) in [5.41, 5.74) is 3.45. The summed E-state index contributed by atoms with van der Waals surface area (Å²) in [6, 6.07) is 12.2. The lowest BCUT2D eigenvalue weighted by molar-refractivity contribution is -0.149. The average Bonchev–Trinajstić information content (AvgIpc) is 3.25. The molecule has 1 aromatic heterocycles. The maximum absolute atomic E-state index is 13.9. The second-order valence-electron chi connectivity index (χ2n) is 9.57. The molecule has 2 aliphatic rings. The van der Waals surface area contributed by atoms with Gasteiger partial charge in [0.05, 0.1) is 12.2 Å². The number of hydrogen-bond donors (Lipinski definition) is 1. The lowest BCUT2D eigenvalue weighted by Crippen LogP contribution is -2.42. The van der Waals surface area contributed by atoms with E-state index in [1.54, 1.807) is 18.3 Å². The Kier molecular flexibility index (Phi) is 7.18. The van der Waals surface area contributed by atoms with Gasteiger partial charge in [-0.1, -0.05) is 29.4 Å². The van der Waals surface area contributed by atoms with Gasteiger partial charge in [0, 0.05) is 42.5 Å². The number of likely N-dealkylation sites (tertiary alicyclic amines) is 1. The van der Waals surface area contributed by atoms with Crippen molar-refractivity contribution in [2.24, 2.45) is 5.16 Å². The van der Waals surface area contributed by atoms with Crippen LogP contribution < -0.4 is 0 Å². The van der Waals surface area contributed by atoms with Crippen molar-refractivity contribution >= 4 is 11.7 Å². The van der Waals surface area contributed by atoms with Gasteiger partial charge in [-0.3, -0.25) is 4.90 Å². The van der Waals surface area contributed by atoms with Gasteiger partial charge >= 0.3 is 5.97 Å². The van der Waals surface area contributed by atoms with Gasteiger partial charge < -0.3 is 14.7 Å². The molecule has 0 amide bonds. The number of fused-ring (bicyclic) bond motifs is 2. The van der Waals surface area contributed by atoms with Crippen LogP contribution in [-0.4, -0.2) is 45.9 Å². The van der Waals surface area contributed by atoms with Gasteiger partial charge in [0.25, 0.3) is 0 Å². The minimum atomic E-state index is -1.22. The van der Waals surface area contributed by atoms with Crippen LogP contribution in [-0.2, 0) is 33.1 Å². The number of ether oxygens (including phenoxy) is 1. The highest BCUT2D eigenvalue weighted by Crippen LogP contribution is 2.44. The van der Waals surface area contributed by atoms with Gasteiger partial charge in [0.2, 0.25) is 12.1 Å². The van der Waals surface area contributed by atoms with E-state index in [2.05, 4.69) is 15.0 Å². The number of carboxylic acid groups (broad SMARTS) is 1. The summed E-state index contributed by atoms with van der Waals surface area (Å²) in [6.07, 6.45) is 1.93. The average molecular weight is 526 g/mol. The van der Waals surface area contributed by atoms with Crippen molar-refractivity contribution in [3.05, 3.63) is 100 Å². The lowest BCUT2D eigenvalue weighted by atomic mass is 9.84. The van der Waals surface area contributed by atoms with Crippen molar-refractivity contribution in [3.63, 3.8) is 0 Å². The number of halogens is 3. The summed E-state index contributed by atoms with van der Waals surface area (Å²) in [5, 5.41) is 13.1. The molecule has 1 unspecified atom stereocenters. The molecule has 1 spiro atoms. The molecule has 5 rings (SSSR count). The summed E-state index contributed by atoms with van der Waals surface area (Å²) >= 11 is 0. The molecule has 3 aromatic rings. The maximum atomic E-state index is 13.9. The van der Waals surface area contributed by atoms with E-state index in [1.807, 2.05) is 12.1 Å². The summed E-state index contributed by atoms with van der Waals surface area (Å²) in [7, 11) is 0. The summed E-state index contributed by atoms with van der Waals surface area (Å²) in [5.74, 6) is -3.74. The Morgan fingerprint density at radius 2 is 1.82 bits per heavy atom. The number of pyridine rings is 1. The van der Waals surface area contributed by atoms with Gasteiger partial charge in [-0.05, 0) is 55.2 Å². The molecule has 0 aliphatic carbocycles. The first kappa shape index (κ1) is 25.9. The van der Waals surface area contributed by atoms with Crippen LogP contribution in [0.4, 0.5) is 13.2 Å². The molecular formula is C28H26F3N3O4. The second kappa shape index (κ2) is 10.5. The zero-order valence-corrected chi connectivity index (χ0v) is 20.7. The quantitative estimate of drug-likeness (QED) is 0.272. The van der Waals surface area contributed by atoms with Crippen LogP contribution >= 0.6 is 0 Å². The minimum Gasteiger partial charge on any atom is -0.478 e. The Balaban J connectivity index is 1.28. The molecule has 0 saturated carbocycles. The van der Waals surface area contributed by atoms with Crippen molar-refractivity contribution in [3.8, 4) is 0 Å². The third-order valence-electron chi connectivity index (χ3n) is 7.09. The summed E-state index contributed by atoms with van der Waals surface area (Å²) in [4.78, 5) is 22.4. The predicted molar refractivity (Wildman–Crippen MR) is 132 cm³/mol. The topological polar surface area (TPSA) is 84.3 Å². The van der Waals surface area contributed by atoms with Crippen LogP contribution in [0.1, 0.15) is 47.6 Å². The van der Waals surface area contributed by atoms with Gasteiger partial charge in [0.15, 0.2) is 11.6 Å². The molecule has 7 nitrogen and oxygen atoms in total. The highest BCUT2D eigenvalue weighted by atomic mass is 19.2. The first-order valence-corrected chi connectivity index (χ1v) is 12.3. The van der Waals surface area contributed by atoms with Crippen LogP contribution in [0.5, 0.6) is 0 Å². The van der Waals surface area contributed by atoms with Crippen LogP contribution in [0.2, 0.25) is 0 Å². The molecule has 10 heteroatoms. The monoisotopic (exact) mass is 525 g/mol. The van der Waals surface area contributed by atoms with E-state index in [9.17, 15) is 18.0 Å². The molecule has 38 heavy (non-hydrogen) atoms. The molecule has 2 aliphatic heterocycles. The number of nitrogens with zero attached hydrogens (tertiary/aromatic N) is 3. The summed E-state index contributed by atoms with van der Waals surface area (Å²) in [6.45, 7) is 3.99. The number of carbonyl (C=O) groups is 1. The number of carboxylic acids is 1. The first-order valence-electron chi connectivity index (χ1n) is 12.3. The smallest absolute Gasteiger partial charge is 0.347 e. The second-order valence-corrected chi connectivity index (χ2v) is 9.57. The van der Waals surface area contributed by atoms with E-state index in [1.165, 1.54) is 19.1 Å². The fraction of sp³-hybridized carbons (Fsp3) is 0.321. The molecule has 2 aromatic carbocycles. The van der Waals surface area contributed by atoms with Crippen LogP contribution in [0.3, 0.4) is 0 Å². The molecule has 1 fully saturated rings. The molecule has 0 radical (unpaired) electrons. The van der Waals surface area contributed by atoms with Crippen molar-refractivity contribution in [1.82, 2.24) is 9.88 Å². The van der Waals surface area contributed by atoms with Gasteiger partial charge in [-0.25, -0.2) is 18.6 Å². The van der Waals surface area contributed by atoms with Gasteiger partial charge in [-0.15, -0.1) is 0 Å². The Morgan fingerprint density at radius 3 is 2.50 bits per heavy atom. The fourth-order valence-electron chi connectivity index (χ4n) is 4.90. The number of benzene rings is 2. The highest BCUT2D eigenvalue weighted by Gasteiger charge is 2.43. The Labute approximate surface area is 217 Å². The van der Waals surface area contributed by atoms with E-state index >= 15 is 0 Å². The van der Waals surface area contributed by atoms with E-state index in [0.717, 1.165) is 54.8 Å². The standard InChI is InChI=1S/C28H26F3N3O4/c1-17(27(35)36)38-33-26(20-6-7-23(29)24(30)12-20)19-4-2-18(3-5-19)15-34-10-8-28(9-11-34)22-14-32-25(31)13-21(22)16-37-28/h2-7,12-14,17H,8-11,15-16H2,1H3,(H,35,36)/b33-26-. The number of aromatic nitrogens is 1. The zero-order chi connectivity index (χ0) is 26.9. The van der Waals surface area contributed by atoms with E-state index in [-0.39, 0.29) is 11.3 Å². The largest absolute Gasteiger partial charge is 0.478 e. The Bertz CT molecular complexity index is 1370. The van der Waals surface area contributed by atoms with Gasteiger partial charge in [0.1, 0.15) is 5.71 Å². The van der Waals surface area contributed by atoms with E-state index < -0.39 is 35.3 Å². The van der Waals surface area contributed by atoms with Crippen LogP contribution in [0.25, 0.3) is 0 Å². The molecular weight excluding hydrogens is 499 g/mol. The Morgan fingerprint density at radius 1 is 1.11 bits per heavy atom. The van der Waals surface area contributed by atoms with E-state index in [4.69, 9.17) is 14.7 Å². The van der Waals surface area contributed by atoms with Crippen molar-refractivity contribution in [1.29, 1.82) is 0 Å². The number of aliphatic carboxylic acids is 1. The third-order valence-corrected chi connectivity index (χ3v) is 7.09. The number of piperidine rings is 1. The first-order chi connectivity index (χ1) is 18.2. The Hall–Kier alpha value is -3.76. The number of oxime groups is 1. The number of rotatable bonds is 7. The third kappa shape index (κ3) is 5.27. The molecule has 1 saturated heterocycles. The predicted octanol–water partition coefficient (Wildman–Crippen LogP) is 4.76.